The quantitative estimate of drug-likeness (QED) is 0.436. The third kappa shape index (κ3) is 3.17. The predicted octanol–water partition coefficient (Wildman–Crippen LogP) is 5.26. The summed E-state index contributed by atoms with van der Waals surface area (Å²) in [7, 11) is 0. The maximum absolute atomic E-state index is 13.5. The molecule has 0 spiro atoms. The van der Waals surface area contributed by atoms with Crippen molar-refractivity contribution in [3.05, 3.63) is 93.4 Å². The fraction of sp³-hybridized carbons (Fsp3) is 0.130. The van der Waals surface area contributed by atoms with Crippen molar-refractivity contribution in [2.45, 2.75) is 12.1 Å². The maximum atomic E-state index is 13.5. The number of hydrogen-bond donors (Lipinski definition) is 0. The van der Waals surface area contributed by atoms with Gasteiger partial charge in [0.25, 0.3) is 5.91 Å². The molecule has 0 bridgehead atoms. The van der Waals surface area contributed by atoms with Crippen LogP contribution in [0.5, 0.6) is 0 Å². The Balaban J connectivity index is 1.59. The van der Waals surface area contributed by atoms with Crippen molar-refractivity contribution in [1.82, 2.24) is 0 Å². The van der Waals surface area contributed by atoms with Crippen molar-refractivity contribution in [2.24, 2.45) is 5.92 Å². The van der Waals surface area contributed by atoms with E-state index in [1.165, 1.54) is 4.90 Å². The molecule has 3 atom stereocenters. The molecule has 0 unspecified atom stereocenters. The van der Waals surface area contributed by atoms with E-state index in [4.69, 9.17) is 4.84 Å². The number of halogens is 2. The van der Waals surface area contributed by atoms with Gasteiger partial charge in [0.15, 0.2) is 6.10 Å². The summed E-state index contributed by atoms with van der Waals surface area (Å²) >= 11 is 6.90. The van der Waals surface area contributed by atoms with Gasteiger partial charge < -0.3 is 0 Å². The van der Waals surface area contributed by atoms with Gasteiger partial charge in [0.1, 0.15) is 5.92 Å². The molecule has 2 fully saturated rings. The van der Waals surface area contributed by atoms with Crippen LogP contribution in [0, 0.1) is 5.92 Å². The molecule has 0 aromatic heterocycles. The lowest BCUT2D eigenvalue weighted by Crippen LogP contribution is -2.37. The number of amides is 2. The van der Waals surface area contributed by atoms with Gasteiger partial charge in [-0.1, -0.05) is 62.2 Å². The molecule has 5 nitrogen and oxygen atoms in total. The first-order valence-electron chi connectivity index (χ1n) is 9.44. The van der Waals surface area contributed by atoms with Gasteiger partial charge in [0.2, 0.25) is 5.91 Å². The number of hydroxylamine groups is 1. The average Bonchev–Trinajstić information content (AvgIpc) is 3.26. The molecule has 0 N–H and O–H groups in total. The summed E-state index contributed by atoms with van der Waals surface area (Å²) in [5.74, 6) is -1.24. The molecule has 5 rings (SSSR count). The second-order valence-electron chi connectivity index (χ2n) is 7.20. The van der Waals surface area contributed by atoms with Gasteiger partial charge in [-0.05, 0) is 54.1 Å². The highest BCUT2D eigenvalue weighted by Gasteiger charge is 2.60. The zero-order valence-corrected chi connectivity index (χ0v) is 18.8. The third-order valence-corrected chi connectivity index (χ3v) is 6.42. The summed E-state index contributed by atoms with van der Waals surface area (Å²) in [6.07, 6.45) is -0.870. The molecular weight excluding hydrogens is 512 g/mol. The predicted molar refractivity (Wildman–Crippen MR) is 121 cm³/mol. The Kier molecular flexibility index (Phi) is 4.97. The number of para-hydroxylation sites is 1. The molecule has 0 radical (unpaired) electrons. The summed E-state index contributed by atoms with van der Waals surface area (Å²) < 4.78 is 1.78. The fourth-order valence-electron chi connectivity index (χ4n) is 4.09. The highest BCUT2D eigenvalue weighted by Crippen LogP contribution is 2.47. The van der Waals surface area contributed by atoms with E-state index < -0.39 is 18.1 Å². The number of rotatable bonds is 3. The van der Waals surface area contributed by atoms with Crippen LogP contribution in [0.25, 0.3) is 0 Å². The van der Waals surface area contributed by atoms with Crippen LogP contribution in [-0.2, 0) is 14.4 Å². The Morgan fingerprint density at radius 3 is 2.17 bits per heavy atom. The Hall–Kier alpha value is -2.48. The second-order valence-corrected chi connectivity index (χ2v) is 9.03. The first kappa shape index (κ1) is 19.5. The Morgan fingerprint density at radius 1 is 0.733 bits per heavy atom. The largest absolute Gasteiger partial charge is 0.273 e. The normalized spacial score (nSPS) is 23.2. The summed E-state index contributed by atoms with van der Waals surface area (Å²) in [6.45, 7) is 0. The topological polar surface area (TPSA) is 49.9 Å². The molecule has 30 heavy (non-hydrogen) atoms. The zero-order chi connectivity index (χ0) is 20.8. The first-order valence-corrected chi connectivity index (χ1v) is 11.0. The van der Waals surface area contributed by atoms with Crippen LogP contribution in [0.1, 0.15) is 11.6 Å². The zero-order valence-electron chi connectivity index (χ0n) is 15.6. The van der Waals surface area contributed by atoms with Gasteiger partial charge in [0, 0.05) is 8.95 Å². The summed E-state index contributed by atoms with van der Waals surface area (Å²) in [4.78, 5) is 34.1. The second kappa shape index (κ2) is 7.65. The molecule has 0 aliphatic carbocycles. The summed E-state index contributed by atoms with van der Waals surface area (Å²) in [5.41, 5.74) is 2.25. The highest BCUT2D eigenvalue weighted by molar-refractivity contribution is 9.10. The number of fused-ring (bicyclic) bond motifs is 1. The van der Waals surface area contributed by atoms with Crippen LogP contribution in [0.3, 0.4) is 0 Å². The van der Waals surface area contributed by atoms with Crippen molar-refractivity contribution < 1.29 is 14.4 Å². The van der Waals surface area contributed by atoms with Gasteiger partial charge >= 0.3 is 0 Å². The van der Waals surface area contributed by atoms with Gasteiger partial charge in [-0.15, -0.1) is 0 Å². The number of anilines is 2. The SMILES string of the molecule is O=C1[C@H]2[C@H](ON(c3ccccc3)[C@H]2c2cccc(Br)c2)C(=O)N1c1ccc(Br)cc1. The van der Waals surface area contributed by atoms with E-state index in [0.29, 0.717) is 5.69 Å². The minimum atomic E-state index is -0.870. The van der Waals surface area contributed by atoms with Gasteiger partial charge in [0.05, 0.1) is 17.4 Å². The van der Waals surface area contributed by atoms with Gasteiger partial charge in [-0.25, -0.2) is 9.96 Å². The summed E-state index contributed by atoms with van der Waals surface area (Å²) in [5, 5.41) is 1.70. The molecule has 2 amide bonds. The molecule has 3 aromatic rings. The van der Waals surface area contributed by atoms with E-state index in [9.17, 15) is 9.59 Å². The Morgan fingerprint density at radius 2 is 1.47 bits per heavy atom. The fourth-order valence-corrected chi connectivity index (χ4v) is 4.77. The lowest BCUT2D eigenvalue weighted by atomic mass is 9.90. The number of hydrogen-bond acceptors (Lipinski definition) is 4. The number of nitrogens with zero attached hydrogens (tertiary/aromatic N) is 2. The lowest BCUT2D eigenvalue weighted by molar-refractivity contribution is -0.126. The number of benzene rings is 3. The van der Waals surface area contributed by atoms with E-state index in [1.807, 2.05) is 66.7 Å². The van der Waals surface area contributed by atoms with Gasteiger partial charge in [-0.2, -0.15) is 0 Å². The van der Waals surface area contributed by atoms with Crippen molar-refractivity contribution in [1.29, 1.82) is 0 Å². The molecule has 2 heterocycles. The van der Waals surface area contributed by atoms with Crippen LogP contribution in [0.15, 0.2) is 87.8 Å². The standard InChI is InChI=1S/C23H16Br2N2O3/c24-15-9-11-17(12-10-15)26-22(28)19-20(14-5-4-6-16(25)13-14)27(30-21(19)23(26)29)18-7-2-1-3-8-18/h1-13,19-21H/t19-,20+,21+/m1/s1. The summed E-state index contributed by atoms with van der Waals surface area (Å²) in [6, 6.07) is 24.0. The van der Waals surface area contributed by atoms with Crippen molar-refractivity contribution >= 4 is 55.0 Å². The maximum Gasteiger partial charge on any atom is 0.266 e. The van der Waals surface area contributed by atoms with E-state index in [-0.39, 0.29) is 11.8 Å². The molecule has 7 heteroatoms. The van der Waals surface area contributed by atoms with Crippen LogP contribution in [0.2, 0.25) is 0 Å². The molecule has 0 saturated carbocycles. The minimum absolute atomic E-state index is 0.254. The van der Waals surface area contributed by atoms with E-state index in [0.717, 1.165) is 20.2 Å². The number of carbonyl (C=O) groups is 2. The van der Waals surface area contributed by atoms with Crippen LogP contribution in [-0.4, -0.2) is 17.9 Å². The van der Waals surface area contributed by atoms with Gasteiger partial charge in [-0.3, -0.25) is 14.4 Å². The third-order valence-electron chi connectivity index (χ3n) is 5.40. The van der Waals surface area contributed by atoms with Crippen molar-refractivity contribution in [3.8, 4) is 0 Å². The number of imide groups is 1. The highest BCUT2D eigenvalue weighted by atomic mass is 79.9. The molecule has 2 aliphatic rings. The Bertz CT molecular complexity index is 1120. The molecule has 150 valence electrons. The first-order chi connectivity index (χ1) is 14.5. The minimum Gasteiger partial charge on any atom is -0.273 e. The van der Waals surface area contributed by atoms with Crippen LogP contribution < -0.4 is 9.96 Å². The van der Waals surface area contributed by atoms with E-state index in [1.54, 1.807) is 17.2 Å². The van der Waals surface area contributed by atoms with Crippen LogP contribution >= 0.6 is 31.9 Å². The Labute approximate surface area is 190 Å². The smallest absolute Gasteiger partial charge is 0.266 e. The average molecular weight is 528 g/mol. The molecule has 2 aliphatic heterocycles. The lowest BCUT2D eigenvalue weighted by Gasteiger charge is -2.28. The van der Waals surface area contributed by atoms with E-state index >= 15 is 0 Å². The monoisotopic (exact) mass is 526 g/mol. The number of carbonyl (C=O) groups excluding carboxylic acids is 2. The van der Waals surface area contributed by atoms with Crippen molar-refractivity contribution in [2.75, 3.05) is 9.96 Å². The van der Waals surface area contributed by atoms with Crippen molar-refractivity contribution in [3.63, 3.8) is 0 Å². The van der Waals surface area contributed by atoms with Crippen LogP contribution in [0.4, 0.5) is 11.4 Å². The molecular formula is C23H16Br2N2O3. The van der Waals surface area contributed by atoms with E-state index in [2.05, 4.69) is 31.9 Å². The molecule has 2 saturated heterocycles. The molecule has 3 aromatic carbocycles.